The maximum absolute atomic E-state index is 12.1. The number of benzene rings is 2. The summed E-state index contributed by atoms with van der Waals surface area (Å²) in [5.74, 6) is 0.416. The van der Waals surface area contributed by atoms with Gasteiger partial charge in [0, 0.05) is 6.54 Å². The van der Waals surface area contributed by atoms with Crippen LogP contribution in [0.1, 0.15) is 47.1 Å². The van der Waals surface area contributed by atoms with Crippen molar-refractivity contribution in [3.63, 3.8) is 0 Å². The number of ether oxygens (including phenoxy) is 3. The highest BCUT2D eigenvalue weighted by molar-refractivity contribution is 5.85. The van der Waals surface area contributed by atoms with Crippen molar-refractivity contribution in [3.05, 3.63) is 42.0 Å². The molecule has 1 N–H and O–H groups in total. The Labute approximate surface area is 166 Å². The number of fused-ring (bicyclic) bond motifs is 1. The van der Waals surface area contributed by atoms with Gasteiger partial charge in [0.05, 0.1) is 0 Å². The molecule has 0 aliphatic carbocycles. The largest absolute Gasteiger partial charge is 0.514 e. The third kappa shape index (κ3) is 7.10. The zero-order valence-electron chi connectivity index (χ0n) is 17.4. The second kappa shape index (κ2) is 8.50. The maximum Gasteiger partial charge on any atom is 0.514 e. The minimum Gasteiger partial charge on any atom is -0.444 e. The summed E-state index contributed by atoms with van der Waals surface area (Å²) >= 11 is 0. The molecule has 152 valence electrons. The SMILES string of the molecule is CC(C)(C)OC(=O)NCCc1cc2ccccc2cc1OC(=O)OC(C)(C)C. The Morgan fingerprint density at radius 3 is 2.04 bits per heavy atom. The van der Waals surface area contributed by atoms with Crippen molar-refractivity contribution < 1.29 is 23.8 Å². The number of carbonyl (C=O) groups excluding carboxylic acids is 2. The standard InChI is InChI=1S/C22H29NO5/c1-21(2,3)27-19(24)23-12-11-17-13-15-9-7-8-10-16(15)14-18(17)26-20(25)28-22(4,5)6/h7-10,13-14H,11-12H2,1-6H3,(H,23,24). The molecule has 0 aromatic heterocycles. The van der Waals surface area contributed by atoms with Gasteiger partial charge in [0.25, 0.3) is 0 Å². The van der Waals surface area contributed by atoms with Crippen molar-refractivity contribution in [2.45, 2.75) is 59.2 Å². The molecule has 0 radical (unpaired) electrons. The molecular formula is C22H29NO5. The summed E-state index contributed by atoms with van der Waals surface area (Å²) in [7, 11) is 0. The van der Waals surface area contributed by atoms with Crippen molar-refractivity contribution in [2.75, 3.05) is 6.54 Å². The predicted octanol–water partition coefficient (Wildman–Crippen LogP) is 5.22. The van der Waals surface area contributed by atoms with Crippen molar-refractivity contribution >= 4 is 23.0 Å². The molecule has 0 unspecified atom stereocenters. The fourth-order valence-electron chi connectivity index (χ4n) is 2.53. The van der Waals surface area contributed by atoms with Gasteiger partial charge in [0.1, 0.15) is 17.0 Å². The number of hydrogen-bond donors (Lipinski definition) is 1. The molecule has 0 aliphatic rings. The molecule has 0 spiro atoms. The molecule has 0 saturated carbocycles. The zero-order valence-corrected chi connectivity index (χ0v) is 17.4. The van der Waals surface area contributed by atoms with Crippen LogP contribution in [0, 0.1) is 0 Å². The average molecular weight is 387 g/mol. The molecule has 2 rings (SSSR count). The highest BCUT2D eigenvalue weighted by atomic mass is 16.7. The Morgan fingerprint density at radius 1 is 0.893 bits per heavy atom. The summed E-state index contributed by atoms with van der Waals surface area (Å²) in [4.78, 5) is 24.0. The Hall–Kier alpha value is -2.76. The number of carbonyl (C=O) groups is 2. The normalized spacial score (nSPS) is 11.8. The monoisotopic (exact) mass is 387 g/mol. The van der Waals surface area contributed by atoms with Crippen LogP contribution in [0.25, 0.3) is 10.8 Å². The highest BCUT2D eigenvalue weighted by Gasteiger charge is 2.20. The van der Waals surface area contributed by atoms with Gasteiger partial charge in [-0.15, -0.1) is 0 Å². The fourth-order valence-corrected chi connectivity index (χ4v) is 2.53. The van der Waals surface area contributed by atoms with Gasteiger partial charge in [-0.25, -0.2) is 9.59 Å². The number of hydrogen-bond acceptors (Lipinski definition) is 5. The summed E-state index contributed by atoms with van der Waals surface area (Å²) in [6.45, 7) is 11.1. The molecule has 0 atom stereocenters. The molecule has 6 nitrogen and oxygen atoms in total. The smallest absolute Gasteiger partial charge is 0.444 e. The van der Waals surface area contributed by atoms with Crippen LogP contribution in [-0.4, -0.2) is 30.0 Å². The topological polar surface area (TPSA) is 73.9 Å². The van der Waals surface area contributed by atoms with E-state index in [0.29, 0.717) is 18.7 Å². The second-order valence-electron chi connectivity index (χ2n) is 8.55. The number of amides is 1. The average Bonchev–Trinajstić information content (AvgIpc) is 2.51. The lowest BCUT2D eigenvalue weighted by Gasteiger charge is -2.20. The summed E-state index contributed by atoms with van der Waals surface area (Å²) < 4.78 is 16.0. The van der Waals surface area contributed by atoms with Gasteiger partial charge in [-0.3, -0.25) is 0 Å². The first kappa shape index (κ1) is 21.5. The molecule has 0 heterocycles. The van der Waals surface area contributed by atoms with Gasteiger partial charge >= 0.3 is 12.2 Å². The molecule has 6 heteroatoms. The van der Waals surface area contributed by atoms with Gasteiger partial charge < -0.3 is 19.5 Å². The lowest BCUT2D eigenvalue weighted by molar-refractivity contribution is 0.0203. The Balaban J connectivity index is 2.15. The van der Waals surface area contributed by atoms with E-state index in [1.165, 1.54) is 0 Å². The van der Waals surface area contributed by atoms with E-state index in [-0.39, 0.29) is 0 Å². The van der Waals surface area contributed by atoms with Crippen LogP contribution in [0.5, 0.6) is 5.75 Å². The Bertz CT molecular complexity index is 846. The quantitative estimate of drug-likeness (QED) is 0.575. The van der Waals surface area contributed by atoms with Crippen LogP contribution in [0.15, 0.2) is 36.4 Å². The molecule has 0 fully saturated rings. The van der Waals surface area contributed by atoms with Crippen LogP contribution in [0.4, 0.5) is 9.59 Å². The molecule has 0 aliphatic heterocycles. The molecule has 2 aromatic carbocycles. The van der Waals surface area contributed by atoms with E-state index in [9.17, 15) is 9.59 Å². The first-order chi connectivity index (χ1) is 12.9. The van der Waals surface area contributed by atoms with Crippen molar-refractivity contribution in [3.8, 4) is 5.75 Å². The molecular weight excluding hydrogens is 358 g/mol. The van der Waals surface area contributed by atoms with Gasteiger partial charge in [-0.1, -0.05) is 24.3 Å². The number of rotatable bonds is 4. The summed E-state index contributed by atoms with van der Waals surface area (Å²) in [6.07, 6.45) is -0.769. The maximum atomic E-state index is 12.1. The van der Waals surface area contributed by atoms with E-state index in [1.807, 2.05) is 57.2 Å². The minimum atomic E-state index is -0.760. The Kier molecular flexibility index (Phi) is 6.54. The van der Waals surface area contributed by atoms with Crippen molar-refractivity contribution in [2.24, 2.45) is 0 Å². The summed E-state index contributed by atoms with van der Waals surface area (Å²) in [5.41, 5.74) is -0.412. The Morgan fingerprint density at radius 2 is 1.46 bits per heavy atom. The molecule has 2 aromatic rings. The molecule has 0 saturated heterocycles. The van der Waals surface area contributed by atoms with Gasteiger partial charge in [-0.2, -0.15) is 0 Å². The van der Waals surface area contributed by atoms with Crippen LogP contribution < -0.4 is 10.1 Å². The van der Waals surface area contributed by atoms with Crippen LogP contribution >= 0.6 is 0 Å². The van der Waals surface area contributed by atoms with E-state index >= 15 is 0 Å². The van der Waals surface area contributed by atoms with Crippen LogP contribution in [0.3, 0.4) is 0 Å². The van der Waals surface area contributed by atoms with Crippen LogP contribution in [0.2, 0.25) is 0 Å². The third-order valence-electron chi connectivity index (χ3n) is 3.57. The predicted molar refractivity (Wildman–Crippen MR) is 109 cm³/mol. The first-order valence-corrected chi connectivity index (χ1v) is 9.32. The molecule has 1 amide bonds. The lowest BCUT2D eigenvalue weighted by Crippen LogP contribution is -2.33. The van der Waals surface area contributed by atoms with E-state index in [0.717, 1.165) is 16.3 Å². The van der Waals surface area contributed by atoms with Gasteiger partial charge in [-0.05, 0) is 76.4 Å². The summed E-state index contributed by atoms with van der Waals surface area (Å²) in [5, 5.41) is 4.69. The van der Waals surface area contributed by atoms with E-state index in [1.54, 1.807) is 20.8 Å². The second-order valence-corrected chi connectivity index (χ2v) is 8.55. The van der Waals surface area contributed by atoms with Crippen LogP contribution in [-0.2, 0) is 15.9 Å². The van der Waals surface area contributed by atoms with E-state index in [2.05, 4.69) is 5.32 Å². The number of alkyl carbamates (subject to hydrolysis) is 1. The summed E-state index contributed by atoms with van der Waals surface area (Å²) in [6, 6.07) is 11.5. The first-order valence-electron chi connectivity index (χ1n) is 9.32. The fraction of sp³-hybridized carbons (Fsp3) is 0.455. The highest BCUT2D eigenvalue weighted by Crippen LogP contribution is 2.27. The van der Waals surface area contributed by atoms with Gasteiger partial charge in [0.15, 0.2) is 0 Å². The zero-order chi connectivity index (χ0) is 20.9. The van der Waals surface area contributed by atoms with E-state index < -0.39 is 23.5 Å². The van der Waals surface area contributed by atoms with E-state index in [4.69, 9.17) is 14.2 Å². The van der Waals surface area contributed by atoms with Crippen molar-refractivity contribution in [1.82, 2.24) is 5.32 Å². The lowest BCUT2D eigenvalue weighted by atomic mass is 10.0. The van der Waals surface area contributed by atoms with Crippen molar-refractivity contribution in [1.29, 1.82) is 0 Å². The minimum absolute atomic E-state index is 0.345. The number of nitrogens with one attached hydrogen (secondary N) is 1. The molecule has 28 heavy (non-hydrogen) atoms. The molecule has 0 bridgehead atoms. The third-order valence-corrected chi connectivity index (χ3v) is 3.57. The van der Waals surface area contributed by atoms with Gasteiger partial charge in [0.2, 0.25) is 0 Å².